The summed E-state index contributed by atoms with van der Waals surface area (Å²) in [6.45, 7) is 5.99. The molecule has 0 aromatic carbocycles. The SMILES string of the molecule is CC(O)C1C(=O)N2C(C(=O)O)=C(SC3CNC(C(=O)N4CCC(NC(=O)[C@@H]5CCCN5)C4)C3)C(C)[C@H]12. The van der Waals surface area contributed by atoms with E-state index in [0.717, 1.165) is 25.8 Å². The quantitative estimate of drug-likeness (QED) is 0.268. The lowest BCUT2D eigenvalue weighted by molar-refractivity contribution is -0.163. The predicted molar refractivity (Wildman–Crippen MR) is 132 cm³/mol. The number of fused-ring (bicyclic) bond motifs is 1. The van der Waals surface area contributed by atoms with Crippen LogP contribution < -0.4 is 16.0 Å². The molecule has 0 aromatic heterocycles. The van der Waals surface area contributed by atoms with E-state index in [2.05, 4.69) is 16.0 Å². The molecular formula is C24H35N5O6S. The zero-order valence-corrected chi connectivity index (χ0v) is 21.4. The first-order chi connectivity index (χ1) is 17.2. The number of thioether (sulfide) groups is 1. The molecule has 0 aromatic rings. The van der Waals surface area contributed by atoms with E-state index in [1.54, 1.807) is 11.8 Å². The Balaban J connectivity index is 1.17. The number of hydrogen-bond acceptors (Lipinski definition) is 8. The number of β-lactam (4-membered cyclic amide) rings is 1. The summed E-state index contributed by atoms with van der Waals surface area (Å²) >= 11 is 1.44. The van der Waals surface area contributed by atoms with Crippen molar-refractivity contribution in [2.45, 2.75) is 75.1 Å². The molecule has 0 saturated carbocycles. The van der Waals surface area contributed by atoms with Crippen LogP contribution >= 0.6 is 11.8 Å². The Morgan fingerprint density at radius 1 is 1.19 bits per heavy atom. The number of carbonyl (C=O) groups is 4. The number of nitrogens with zero attached hydrogens (tertiary/aromatic N) is 2. The van der Waals surface area contributed by atoms with E-state index in [4.69, 9.17) is 0 Å². The molecule has 0 radical (unpaired) electrons. The molecule has 198 valence electrons. The molecule has 6 unspecified atom stereocenters. The lowest BCUT2D eigenvalue weighted by atomic mass is 9.79. The number of aliphatic carboxylic acids is 1. The van der Waals surface area contributed by atoms with E-state index in [1.165, 1.54) is 16.7 Å². The third kappa shape index (κ3) is 4.42. The average Bonchev–Trinajstić information content (AvgIpc) is 3.61. The lowest BCUT2D eigenvalue weighted by Gasteiger charge is -2.46. The summed E-state index contributed by atoms with van der Waals surface area (Å²) in [5, 5.41) is 29.4. The second kappa shape index (κ2) is 9.96. The summed E-state index contributed by atoms with van der Waals surface area (Å²) in [5.41, 5.74) is 0.0176. The van der Waals surface area contributed by atoms with Gasteiger partial charge in [0.1, 0.15) is 5.70 Å². The second-order valence-electron chi connectivity index (χ2n) is 10.6. The Labute approximate surface area is 214 Å². The third-order valence-electron chi connectivity index (χ3n) is 8.22. The van der Waals surface area contributed by atoms with Gasteiger partial charge in [0.05, 0.1) is 30.1 Å². The van der Waals surface area contributed by atoms with E-state index in [9.17, 15) is 29.4 Å². The molecule has 5 aliphatic rings. The minimum absolute atomic E-state index is 0.00361. The van der Waals surface area contributed by atoms with Crippen LogP contribution in [0.3, 0.4) is 0 Å². The highest BCUT2D eigenvalue weighted by atomic mass is 32.2. The highest BCUT2D eigenvalue weighted by molar-refractivity contribution is 8.03. The van der Waals surface area contributed by atoms with Crippen LogP contribution in [0.2, 0.25) is 0 Å². The van der Waals surface area contributed by atoms with Crippen molar-refractivity contribution < 1.29 is 29.4 Å². The molecule has 0 bridgehead atoms. The van der Waals surface area contributed by atoms with E-state index in [0.29, 0.717) is 31.0 Å². The average molecular weight is 522 g/mol. The molecule has 4 fully saturated rings. The van der Waals surface area contributed by atoms with Crippen molar-refractivity contribution in [3.05, 3.63) is 10.6 Å². The minimum atomic E-state index is -1.14. The molecule has 12 heteroatoms. The first-order valence-corrected chi connectivity index (χ1v) is 13.8. The number of hydrogen-bond donors (Lipinski definition) is 5. The smallest absolute Gasteiger partial charge is 0.353 e. The molecular weight excluding hydrogens is 486 g/mol. The normalized spacial score (nSPS) is 36.8. The van der Waals surface area contributed by atoms with Gasteiger partial charge in [0.2, 0.25) is 17.7 Å². The van der Waals surface area contributed by atoms with Crippen molar-refractivity contribution in [1.29, 1.82) is 0 Å². The van der Waals surface area contributed by atoms with Gasteiger partial charge in [-0.1, -0.05) is 6.92 Å². The van der Waals surface area contributed by atoms with Crippen LogP contribution in [0, 0.1) is 11.8 Å². The van der Waals surface area contributed by atoms with Gasteiger partial charge in [0.25, 0.3) is 0 Å². The summed E-state index contributed by atoms with van der Waals surface area (Å²) in [6, 6.07) is -0.872. The maximum Gasteiger partial charge on any atom is 0.353 e. The summed E-state index contributed by atoms with van der Waals surface area (Å²) < 4.78 is 0. The summed E-state index contributed by atoms with van der Waals surface area (Å²) in [6.07, 6.45) is 2.30. The van der Waals surface area contributed by atoms with Gasteiger partial charge >= 0.3 is 5.97 Å². The molecule has 0 aliphatic carbocycles. The van der Waals surface area contributed by atoms with Crippen molar-refractivity contribution in [3.8, 4) is 0 Å². The maximum absolute atomic E-state index is 13.2. The largest absolute Gasteiger partial charge is 0.477 e. The molecule has 5 heterocycles. The van der Waals surface area contributed by atoms with Crippen molar-refractivity contribution in [1.82, 2.24) is 25.8 Å². The van der Waals surface area contributed by atoms with Crippen LogP contribution in [-0.4, -0.2) is 105 Å². The van der Waals surface area contributed by atoms with E-state index < -0.39 is 18.0 Å². The van der Waals surface area contributed by atoms with Gasteiger partial charge in [-0.2, -0.15) is 0 Å². The van der Waals surface area contributed by atoms with Crippen molar-refractivity contribution in [3.63, 3.8) is 0 Å². The van der Waals surface area contributed by atoms with Crippen LogP contribution in [0.25, 0.3) is 0 Å². The number of carbonyl (C=O) groups excluding carboxylic acids is 3. The van der Waals surface area contributed by atoms with E-state index >= 15 is 0 Å². The molecule has 0 spiro atoms. The molecule has 5 aliphatic heterocycles. The monoisotopic (exact) mass is 521 g/mol. The van der Waals surface area contributed by atoms with Gasteiger partial charge in [-0.05, 0) is 39.2 Å². The molecule has 3 amide bonds. The fourth-order valence-corrected chi connectivity index (χ4v) is 7.83. The molecule has 5 rings (SSSR count). The number of carboxylic acids is 1. The van der Waals surface area contributed by atoms with Crippen molar-refractivity contribution in [2.24, 2.45) is 11.8 Å². The van der Waals surface area contributed by atoms with E-state index in [1.807, 2.05) is 6.92 Å². The molecule has 8 atom stereocenters. The maximum atomic E-state index is 13.2. The third-order valence-corrected chi connectivity index (χ3v) is 9.73. The Morgan fingerprint density at radius 2 is 1.97 bits per heavy atom. The van der Waals surface area contributed by atoms with Crippen LogP contribution in [0.5, 0.6) is 0 Å². The van der Waals surface area contributed by atoms with Gasteiger partial charge in [-0.15, -0.1) is 11.8 Å². The lowest BCUT2D eigenvalue weighted by Crippen LogP contribution is -2.63. The first-order valence-electron chi connectivity index (χ1n) is 12.9. The van der Waals surface area contributed by atoms with Gasteiger partial charge in [0, 0.05) is 41.7 Å². The number of nitrogens with one attached hydrogen (secondary N) is 3. The van der Waals surface area contributed by atoms with Gasteiger partial charge in [-0.25, -0.2) is 4.79 Å². The fraction of sp³-hybridized carbons (Fsp3) is 0.750. The number of amides is 3. The zero-order valence-electron chi connectivity index (χ0n) is 20.6. The number of likely N-dealkylation sites (tertiary alicyclic amines) is 1. The van der Waals surface area contributed by atoms with Crippen LogP contribution in [0.4, 0.5) is 0 Å². The Kier molecular flexibility index (Phi) is 7.05. The summed E-state index contributed by atoms with van der Waals surface area (Å²) in [7, 11) is 0. The van der Waals surface area contributed by atoms with Crippen LogP contribution in [0.1, 0.15) is 39.5 Å². The second-order valence-corrected chi connectivity index (χ2v) is 12.0. The van der Waals surface area contributed by atoms with Crippen molar-refractivity contribution >= 4 is 35.5 Å². The first kappa shape index (κ1) is 25.5. The zero-order chi connectivity index (χ0) is 25.7. The van der Waals surface area contributed by atoms with E-state index in [-0.39, 0.29) is 58.8 Å². The summed E-state index contributed by atoms with van der Waals surface area (Å²) in [4.78, 5) is 53.9. The Morgan fingerprint density at radius 3 is 2.64 bits per heavy atom. The highest BCUT2D eigenvalue weighted by Gasteiger charge is 2.60. The number of carboxylic acid groups (broad SMARTS) is 1. The molecule has 36 heavy (non-hydrogen) atoms. The summed E-state index contributed by atoms with van der Waals surface area (Å²) in [5.74, 6) is -2.24. The standard InChI is InChI=1S/C24H35N5O6S/c1-11-18-17(12(2)30)23(33)29(18)19(24(34)35)20(11)36-14-8-16(26-9-14)22(32)28-7-5-13(10-28)27-21(31)15-4-3-6-25-15/h11-18,25-26,30H,3-10H2,1-2H3,(H,27,31)(H,34,35)/t11?,12?,13?,14?,15-,16?,17?,18+/m0/s1. The van der Waals surface area contributed by atoms with Gasteiger partial charge in [0.15, 0.2) is 0 Å². The highest BCUT2D eigenvalue weighted by Crippen LogP contribution is 2.51. The fourth-order valence-electron chi connectivity index (χ4n) is 6.35. The van der Waals surface area contributed by atoms with Gasteiger partial charge in [-0.3, -0.25) is 14.4 Å². The number of aliphatic hydroxyl groups is 1. The predicted octanol–water partition coefficient (Wildman–Crippen LogP) is -0.927. The Bertz CT molecular complexity index is 982. The van der Waals surface area contributed by atoms with Crippen molar-refractivity contribution in [2.75, 3.05) is 26.2 Å². The topological polar surface area (TPSA) is 151 Å². The number of rotatable bonds is 7. The molecule has 4 saturated heterocycles. The molecule has 11 nitrogen and oxygen atoms in total. The molecule has 5 N–H and O–H groups in total. The Hall–Kier alpha value is -2.15. The van der Waals surface area contributed by atoms with Crippen LogP contribution in [-0.2, 0) is 19.2 Å². The minimum Gasteiger partial charge on any atom is -0.477 e. The van der Waals surface area contributed by atoms with Gasteiger partial charge < -0.3 is 36.0 Å². The number of aliphatic hydroxyl groups excluding tert-OH is 1. The van der Waals surface area contributed by atoms with Crippen LogP contribution in [0.15, 0.2) is 10.6 Å².